The van der Waals surface area contributed by atoms with Crippen LogP contribution in [-0.4, -0.2) is 46.4 Å². The second-order valence-corrected chi connectivity index (χ2v) is 7.10. The molecule has 7 nitrogen and oxygen atoms in total. The number of hydrogen-bond acceptors (Lipinski definition) is 5. The Hall–Kier alpha value is -3.61. The van der Waals surface area contributed by atoms with E-state index < -0.39 is 23.7 Å². The smallest absolute Gasteiger partial charge is 0.303 e. The number of aryl methyl sites for hydroxylation is 1. The molecule has 1 saturated heterocycles. The molecule has 0 radical (unpaired) electrons. The van der Waals surface area contributed by atoms with Crippen molar-refractivity contribution < 1.29 is 29.3 Å². The molecule has 30 heavy (non-hydrogen) atoms. The highest BCUT2D eigenvalue weighted by atomic mass is 16.5. The molecule has 1 heterocycles. The lowest BCUT2D eigenvalue weighted by molar-refractivity contribution is -0.140. The highest BCUT2D eigenvalue weighted by Gasteiger charge is 2.46. The maximum Gasteiger partial charge on any atom is 0.303 e. The fraction of sp³-hybridized carbons (Fsp3) is 0.261. The average Bonchev–Trinajstić information content (AvgIpc) is 2.98. The molecule has 0 saturated carbocycles. The molecule has 2 aromatic rings. The van der Waals surface area contributed by atoms with Crippen LogP contribution >= 0.6 is 0 Å². The van der Waals surface area contributed by atoms with Crippen molar-refractivity contribution in [2.45, 2.75) is 25.8 Å². The summed E-state index contributed by atoms with van der Waals surface area (Å²) in [4.78, 5) is 37.9. The molecule has 0 aromatic heterocycles. The van der Waals surface area contributed by atoms with E-state index in [0.29, 0.717) is 16.9 Å². The molecule has 2 aromatic carbocycles. The van der Waals surface area contributed by atoms with Crippen LogP contribution in [0.1, 0.15) is 35.6 Å². The van der Waals surface area contributed by atoms with E-state index in [1.807, 2.05) is 6.92 Å². The minimum absolute atomic E-state index is 0.0383. The van der Waals surface area contributed by atoms with Gasteiger partial charge in [-0.2, -0.15) is 0 Å². The van der Waals surface area contributed by atoms with Crippen LogP contribution in [0.2, 0.25) is 0 Å². The Morgan fingerprint density at radius 2 is 1.73 bits per heavy atom. The van der Waals surface area contributed by atoms with Crippen molar-refractivity contribution in [3.05, 3.63) is 70.8 Å². The third-order valence-corrected chi connectivity index (χ3v) is 5.09. The van der Waals surface area contributed by atoms with E-state index in [2.05, 4.69) is 0 Å². The monoisotopic (exact) mass is 409 g/mol. The first-order chi connectivity index (χ1) is 14.3. The maximum atomic E-state index is 12.9. The molecule has 3 rings (SSSR count). The van der Waals surface area contributed by atoms with Crippen molar-refractivity contribution in [1.82, 2.24) is 4.90 Å². The Balaban J connectivity index is 2.14. The molecule has 0 bridgehead atoms. The topological polar surface area (TPSA) is 104 Å². The molecule has 0 aliphatic carbocycles. The zero-order chi connectivity index (χ0) is 21.8. The van der Waals surface area contributed by atoms with Crippen molar-refractivity contribution in [3.8, 4) is 5.75 Å². The van der Waals surface area contributed by atoms with Crippen LogP contribution in [0.4, 0.5) is 0 Å². The van der Waals surface area contributed by atoms with E-state index >= 15 is 0 Å². The van der Waals surface area contributed by atoms with Gasteiger partial charge in [0.05, 0.1) is 18.7 Å². The van der Waals surface area contributed by atoms with Crippen LogP contribution in [0.5, 0.6) is 5.75 Å². The van der Waals surface area contributed by atoms with Gasteiger partial charge >= 0.3 is 5.97 Å². The molecule has 1 fully saturated rings. The summed E-state index contributed by atoms with van der Waals surface area (Å²) >= 11 is 0. The van der Waals surface area contributed by atoms with E-state index in [0.717, 1.165) is 5.56 Å². The van der Waals surface area contributed by atoms with Gasteiger partial charge in [-0.15, -0.1) is 0 Å². The predicted molar refractivity (Wildman–Crippen MR) is 110 cm³/mol. The highest BCUT2D eigenvalue weighted by Crippen LogP contribution is 2.42. The number of ether oxygens (including phenoxy) is 1. The fourth-order valence-corrected chi connectivity index (χ4v) is 3.59. The number of amides is 1. The molecule has 7 heteroatoms. The average molecular weight is 409 g/mol. The number of rotatable bonds is 7. The minimum atomic E-state index is -0.986. The second kappa shape index (κ2) is 8.82. The van der Waals surface area contributed by atoms with Gasteiger partial charge in [0.15, 0.2) is 0 Å². The van der Waals surface area contributed by atoms with Crippen LogP contribution in [0.15, 0.2) is 54.1 Å². The number of carboxylic acid groups (broad SMARTS) is 1. The SMILES string of the molecule is COc1ccccc1C1/C(=C(/O)c2ccc(C)cc2)C(=O)C(=O)N1CCCC(=O)O. The quantitative estimate of drug-likeness (QED) is 0.413. The molecule has 156 valence electrons. The van der Waals surface area contributed by atoms with Crippen molar-refractivity contribution in [3.63, 3.8) is 0 Å². The second-order valence-electron chi connectivity index (χ2n) is 7.10. The van der Waals surface area contributed by atoms with Gasteiger partial charge in [-0.1, -0.05) is 48.0 Å². The van der Waals surface area contributed by atoms with Crippen LogP contribution in [0, 0.1) is 6.92 Å². The predicted octanol–water partition coefficient (Wildman–Crippen LogP) is 3.29. The number of methoxy groups -OCH3 is 1. The molecule has 1 atom stereocenters. The number of nitrogens with zero attached hydrogens (tertiary/aromatic N) is 1. The Kier molecular flexibility index (Phi) is 6.20. The number of aliphatic hydroxyl groups is 1. The van der Waals surface area contributed by atoms with E-state index in [4.69, 9.17) is 9.84 Å². The summed E-state index contributed by atoms with van der Waals surface area (Å²) in [5, 5.41) is 19.9. The molecule has 2 N–H and O–H groups in total. The summed E-state index contributed by atoms with van der Waals surface area (Å²) in [6, 6.07) is 13.0. The summed E-state index contributed by atoms with van der Waals surface area (Å²) in [5.41, 5.74) is 1.91. The van der Waals surface area contributed by atoms with Crippen molar-refractivity contribution >= 4 is 23.4 Å². The van der Waals surface area contributed by atoms with Gasteiger partial charge in [0.2, 0.25) is 0 Å². The number of hydrogen-bond donors (Lipinski definition) is 2. The largest absolute Gasteiger partial charge is 0.507 e. The number of aliphatic carboxylic acids is 1. The number of carboxylic acids is 1. The lowest BCUT2D eigenvalue weighted by atomic mass is 9.94. The van der Waals surface area contributed by atoms with Crippen LogP contribution in [0.25, 0.3) is 5.76 Å². The molecular formula is C23H23NO6. The molecule has 1 aliphatic rings. The van der Waals surface area contributed by atoms with E-state index in [1.54, 1.807) is 48.5 Å². The third-order valence-electron chi connectivity index (χ3n) is 5.09. The molecular weight excluding hydrogens is 386 g/mol. The zero-order valence-corrected chi connectivity index (χ0v) is 16.8. The number of para-hydroxylation sites is 1. The number of carbonyl (C=O) groups excluding carboxylic acids is 2. The van der Waals surface area contributed by atoms with Gasteiger partial charge in [0.1, 0.15) is 11.5 Å². The first-order valence-corrected chi connectivity index (χ1v) is 9.55. The van der Waals surface area contributed by atoms with Gasteiger partial charge < -0.3 is 19.8 Å². The first-order valence-electron chi connectivity index (χ1n) is 9.55. The number of aliphatic hydroxyl groups excluding tert-OH is 1. The minimum Gasteiger partial charge on any atom is -0.507 e. The van der Waals surface area contributed by atoms with Gasteiger partial charge in [0, 0.05) is 24.1 Å². The van der Waals surface area contributed by atoms with Crippen LogP contribution in [-0.2, 0) is 14.4 Å². The van der Waals surface area contributed by atoms with Crippen molar-refractivity contribution in [2.24, 2.45) is 0 Å². The Morgan fingerprint density at radius 1 is 1.07 bits per heavy atom. The molecule has 1 unspecified atom stereocenters. The summed E-state index contributed by atoms with van der Waals surface area (Å²) in [7, 11) is 1.48. The molecule has 1 aliphatic heterocycles. The Labute approximate surface area is 174 Å². The van der Waals surface area contributed by atoms with Gasteiger partial charge in [-0.3, -0.25) is 14.4 Å². The number of carbonyl (C=O) groups is 3. The van der Waals surface area contributed by atoms with Crippen LogP contribution < -0.4 is 4.74 Å². The Bertz CT molecular complexity index is 1010. The summed E-state index contributed by atoms with van der Waals surface area (Å²) in [6.07, 6.45) is 0.0399. The van der Waals surface area contributed by atoms with Crippen molar-refractivity contribution in [2.75, 3.05) is 13.7 Å². The number of likely N-dealkylation sites (tertiary alicyclic amines) is 1. The van der Waals surface area contributed by atoms with Crippen LogP contribution in [0.3, 0.4) is 0 Å². The van der Waals surface area contributed by atoms with Gasteiger partial charge in [-0.05, 0) is 19.4 Å². The van der Waals surface area contributed by atoms with Gasteiger partial charge in [-0.25, -0.2) is 0 Å². The summed E-state index contributed by atoms with van der Waals surface area (Å²) in [5.74, 6) is -2.38. The molecule has 1 amide bonds. The Morgan fingerprint density at radius 3 is 2.37 bits per heavy atom. The summed E-state index contributed by atoms with van der Waals surface area (Å²) in [6.45, 7) is 1.96. The fourth-order valence-electron chi connectivity index (χ4n) is 3.59. The van der Waals surface area contributed by atoms with Gasteiger partial charge in [0.25, 0.3) is 11.7 Å². The number of ketones is 1. The lowest BCUT2D eigenvalue weighted by Gasteiger charge is -2.26. The zero-order valence-electron chi connectivity index (χ0n) is 16.8. The highest BCUT2D eigenvalue weighted by molar-refractivity contribution is 6.46. The van der Waals surface area contributed by atoms with E-state index in [1.165, 1.54) is 12.0 Å². The normalized spacial score (nSPS) is 17.9. The number of benzene rings is 2. The maximum absolute atomic E-state index is 12.9. The van der Waals surface area contributed by atoms with E-state index in [9.17, 15) is 19.5 Å². The molecule has 0 spiro atoms. The van der Waals surface area contributed by atoms with E-state index in [-0.39, 0.29) is 30.7 Å². The number of Topliss-reactive ketones (excluding diaryl/α,β-unsaturated/α-hetero) is 1. The standard InChI is InChI=1S/C23H23NO6/c1-14-9-11-15(12-10-14)21(27)19-20(16-6-3-4-7-17(16)30-2)24(23(29)22(19)28)13-5-8-18(25)26/h3-4,6-7,9-12,20,27H,5,8,13H2,1-2H3,(H,25,26)/b21-19-. The van der Waals surface area contributed by atoms with Crippen molar-refractivity contribution in [1.29, 1.82) is 0 Å². The third kappa shape index (κ3) is 4.05. The first kappa shape index (κ1) is 21.1. The summed E-state index contributed by atoms with van der Waals surface area (Å²) < 4.78 is 5.42. The lowest BCUT2D eigenvalue weighted by Crippen LogP contribution is -2.31.